The minimum Gasteiger partial charge on any atom is -0.493 e. The van der Waals surface area contributed by atoms with Gasteiger partial charge in [0.1, 0.15) is 5.75 Å². The molecule has 0 aromatic heterocycles. The van der Waals surface area contributed by atoms with Crippen molar-refractivity contribution in [2.24, 2.45) is 16.1 Å². The second-order valence-electron chi connectivity index (χ2n) is 7.26. The van der Waals surface area contributed by atoms with Crippen LogP contribution in [0.15, 0.2) is 29.3 Å². The number of amides is 1. The number of nitrogens with zero attached hydrogens (tertiary/aromatic N) is 2. The molecule has 1 aromatic rings. The van der Waals surface area contributed by atoms with Gasteiger partial charge in [0.15, 0.2) is 5.96 Å². The first-order valence-electron chi connectivity index (χ1n) is 9.02. The Bertz CT molecular complexity index is 651. The van der Waals surface area contributed by atoms with Crippen molar-refractivity contribution < 1.29 is 9.53 Å². The third kappa shape index (κ3) is 3.72. The summed E-state index contributed by atoms with van der Waals surface area (Å²) in [5.41, 5.74) is 6.87. The molecule has 0 bridgehead atoms. The van der Waals surface area contributed by atoms with E-state index >= 15 is 0 Å². The van der Waals surface area contributed by atoms with Gasteiger partial charge >= 0.3 is 0 Å². The lowest BCUT2D eigenvalue weighted by Gasteiger charge is -2.30. The highest BCUT2D eigenvalue weighted by Gasteiger charge is 2.42. The highest BCUT2D eigenvalue weighted by atomic mass is 16.5. The van der Waals surface area contributed by atoms with Crippen LogP contribution in [0.25, 0.3) is 0 Å². The van der Waals surface area contributed by atoms with Gasteiger partial charge in [-0.3, -0.25) is 9.79 Å². The van der Waals surface area contributed by atoms with E-state index in [2.05, 4.69) is 10.3 Å². The van der Waals surface area contributed by atoms with E-state index in [1.165, 1.54) is 0 Å². The Hall–Kier alpha value is -2.24. The van der Waals surface area contributed by atoms with Gasteiger partial charge in [-0.25, -0.2) is 0 Å². The quantitative estimate of drug-likeness (QED) is 0.647. The van der Waals surface area contributed by atoms with Crippen LogP contribution < -0.4 is 15.8 Å². The molecule has 1 saturated carbocycles. The van der Waals surface area contributed by atoms with Crippen LogP contribution >= 0.6 is 0 Å². The van der Waals surface area contributed by atoms with E-state index in [0.29, 0.717) is 19.1 Å². The molecule has 1 unspecified atom stereocenters. The number of nitrogens with two attached hydrogens (primary N) is 1. The number of benzene rings is 1. The molecule has 1 heterocycles. The molecule has 136 valence electrons. The molecule has 0 saturated heterocycles. The fourth-order valence-electron chi connectivity index (χ4n) is 3.92. The van der Waals surface area contributed by atoms with E-state index < -0.39 is 0 Å². The second-order valence-corrected chi connectivity index (χ2v) is 7.26. The third-order valence-electron chi connectivity index (χ3n) is 5.25. The molecule has 0 radical (unpaired) electrons. The Morgan fingerprint density at radius 3 is 2.80 bits per heavy atom. The minimum atomic E-state index is -0.386. The van der Waals surface area contributed by atoms with Crippen LogP contribution in [0.1, 0.15) is 43.7 Å². The summed E-state index contributed by atoms with van der Waals surface area (Å²) >= 11 is 0. The first-order valence-corrected chi connectivity index (χ1v) is 9.02. The van der Waals surface area contributed by atoms with Crippen molar-refractivity contribution >= 4 is 11.9 Å². The summed E-state index contributed by atoms with van der Waals surface area (Å²) in [5.74, 6) is 1.46. The Balaban J connectivity index is 1.69. The molecule has 3 rings (SSSR count). The van der Waals surface area contributed by atoms with Crippen LogP contribution in [0.2, 0.25) is 0 Å². The number of carbonyl (C=O) groups is 1. The summed E-state index contributed by atoms with van der Waals surface area (Å²) in [6.45, 7) is 1.11. The normalized spacial score (nSPS) is 22.0. The molecular formula is C19H28N4O2. The molecule has 1 aliphatic heterocycles. The van der Waals surface area contributed by atoms with E-state index in [9.17, 15) is 4.79 Å². The third-order valence-corrected chi connectivity index (χ3v) is 5.25. The maximum absolute atomic E-state index is 12.6. The first kappa shape index (κ1) is 17.6. The van der Waals surface area contributed by atoms with Crippen LogP contribution in [0.3, 0.4) is 0 Å². The van der Waals surface area contributed by atoms with Crippen molar-refractivity contribution in [1.82, 2.24) is 10.2 Å². The zero-order valence-corrected chi connectivity index (χ0v) is 15.1. The van der Waals surface area contributed by atoms with Crippen molar-refractivity contribution in [3.05, 3.63) is 29.8 Å². The number of rotatable bonds is 4. The lowest BCUT2D eigenvalue weighted by atomic mass is 9.85. The van der Waals surface area contributed by atoms with Crippen LogP contribution in [0, 0.1) is 5.41 Å². The Morgan fingerprint density at radius 1 is 1.36 bits per heavy atom. The average Bonchev–Trinajstić information content (AvgIpc) is 3.10. The fraction of sp³-hybridized carbons (Fsp3) is 0.579. The summed E-state index contributed by atoms with van der Waals surface area (Å²) in [6.07, 6.45) is 4.78. The van der Waals surface area contributed by atoms with Gasteiger partial charge in [0.25, 0.3) is 0 Å². The van der Waals surface area contributed by atoms with E-state index in [0.717, 1.165) is 43.4 Å². The largest absolute Gasteiger partial charge is 0.493 e. The Labute approximate surface area is 149 Å². The van der Waals surface area contributed by atoms with Gasteiger partial charge in [-0.1, -0.05) is 31.0 Å². The van der Waals surface area contributed by atoms with Crippen molar-refractivity contribution in [2.75, 3.05) is 27.2 Å². The number of fused-ring (bicyclic) bond motifs is 1. The molecule has 6 nitrogen and oxygen atoms in total. The molecule has 1 atom stereocenters. The lowest BCUT2D eigenvalue weighted by Crippen LogP contribution is -2.42. The van der Waals surface area contributed by atoms with E-state index in [1.54, 1.807) is 4.90 Å². The Kier molecular flexibility index (Phi) is 5.16. The summed E-state index contributed by atoms with van der Waals surface area (Å²) in [4.78, 5) is 18.8. The monoisotopic (exact) mass is 344 g/mol. The van der Waals surface area contributed by atoms with Gasteiger partial charge in [-0.2, -0.15) is 0 Å². The SMILES string of the molecule is CN(C)C(=O)C1(CN=C(N)NC2CCOc3ccccc32)CCCC1. The summed E-state index contributed by atoms with van der Waals surface area (Å²) < 4.78 is 5.68. The zero-order chi connectivity index (χ0) is 17.9. The average molecular weight is 344 g/mol. The molecule has 1 fully saturated rings. The molecule has 2 aliphatic rings. The molecule has 3 N–H and O–H groups in total. The highest BCUT2D eigenvalue weighted by molar-refractivity contribution is 5.84. The molecule has 25 heavy (non-hydrogen) atoms. The number of guanidine groups is 1. The van der Waals surface area contributed by atoms with Gasteiger partial charge < -0.3 is 20.7 Å². The topological polar surface area (TPSA) is 80.0 Å². The Morgan fingerprint density at radius 2 is 2.08 bits per heavy atom. The predicted molar refractivity (Wildman–Crippen MR) is 98.5 cm³/mol. The fourth-order valence-corrected chi connectivity index (χ4v) is 3.92. The molecule has 6 heteroatoms. The van der Waals surface area contributed by atoms with Crippen LogP contribution in [-0.4, -0.2) is 44.0 Å². The number of para-hydroxylation sites is 1. The van der Waals surface area contributed by atoms with Gasteiger partial charge in [0, 0.05) is 26.1 Å². The predicted octanol–water partition coefficient (Wildman–Crippen LogP) is 2.06. The molecule has 0 spiro atoms. The van der Waals surface area contributed by atoms with Crippen LogP contribution in [-0.2, 0) is 4.79 Å². The van der Waals surface area contributed by atoms with Gasteiger partial charge in [-0.05, 0) is 18.9 Å². The van der Waals surface area contributed by atoms with E-state index in [-0.39, 0.29) is 17.4 Å². The van der Waals surface area contributed by atoms with Crippen molar-refractivity contribution in [1.29, 1.82) is 0 Å². The van der Waals surface area contributed by atoms with Crippen molar-refractivity contribution in [2.45, 2.75) is 38.1 Å². The van der Waals surface area contributed by atoms with Crippen molar-refractivity contribution in [3.8, 4) is 5.75 Å². The molecule has 1 aliphatic carbocycles. The lowest BCUT2D eigenvalue weighted by molar-refractivity contribution is -0.138. The minimum absolute atomic E-state index is 0.0952. The molecule has 1 amide bonds. The van der Waals surface area contributed by atoms with E-state index in [1.807, 2.05) is 38.4 Å². The first-order chi connectivity index (χ1) is 12.0. The van der Waals surface area contributed by atoms with Crippen LogP contribution in [0.4, 0.5) is 0 Å². The maximum Gasteiger partial charge on any atom is 0.230 e. The number of aliphatic imine (C=N–C) groups is 1. The van der Waals surface area contributed by atoms with Crippen molar-refractivity contribution in [3.63, 3.8) is 0 Å². The number of hydrogen-bond acceptors (Lipinski definition) is 3. The van der Waals surface area contributed by atoms with Gasteiger partial charge in [0.05, 0.1) is 24.6 Å². The highest BCUT2D eigenvalue weighted by Crippen LogP contribution is 2.39. The number of hydrogen-bond donors (Lipinski definition) is 2. The molecule has 1 aromatic carbocycles. The summed E-state index contributed by atoms with van der Waals surface area (Å²) in [6, 6.07) is 8.08. The molecular weight excluding hydrogens is 316 g/mol. The smallest absolute Gasteiger partial charge is 0.230 e. The number of ether oxygens (including phenoxy) is 1. The summed E-state index contributed by atoms with van der Waals surface area (Å²) in [5, 5.41) is 3.31. The maximum atomic E-state index is 12.6. The summed E-state index contributed by atoms with van der Waals surface area (Å²) in [7, 11) is 3.62. The number of nitrogens with one attached hydrogen (secondary N) is 1. The zero-order valence-electron chi connectivity index (χ0n) is 15.1. The second kappa shape index (κ2) is 7.33. The standard InChI is InChI=1S/C19H28N4O2/c1-23(2)17(24)19(10-5-6-11-19)13-21-18(20)22-15-9-12-25-16-8-4-3-7-14(15)16/h3-4,7-8,15H,5-6,9-13H2,1-2H3,(H3,20,21,22). The van der Waals surface area contributed by atoms with E-state index in [4.69, 9.17) is 10.5 Å². The van der Waals surface area contributed by atoms with Crippen LogP contribution in [0.5, 0.6) is 5.75 Å². The number of carbonyl (C=O) groups excluding carboxylic acids is 1. The van der Waals surface area contributed by atoms with Gasteiger partial charge in [0.2, 0.25) is 5.91 Å². The van der Waals surface area contributed by atoms with Gasteiger partial charge in [-0.15, -0.1) is 0 Å².